The second-order valence-electron chi connectivity index (χ2n) is 16.3. The van der Waals surface area contributed by atoms with Crippen molar-refractivity contribution < 1.29 is 47.5 Å². The molecule has 0 bridgehead atoms. The summed E-state index contributed by atoms with van der Waals surface area (Å²) in [5, 5.41) is 15.2. The summed E-state index contributed by atoms with van der Waals surface area (Å²) >= 11 is 12.2. The number of ether oxygens (including phenoxy) is 7. The average molecular weight is 958 g/mol. The van der Waals surface area contributed by atoms with E-state index in [4.69, 9.17) is 56.4 Å². The fraction of sp³-hybridized carbons (Fsp3) is 0.400. The van der Waals surface area contributed by atoms with Gasteiger partial charge in [0.25, 0.3) is 0 Å². The van der Waals surface area contributed by atoms with E-state index in [9.17, 15) is 31.0 Å². The molecule has 0 aromatic heterocycles. The summed E-state index contributed by atoms with van der Waals surface area (Å²) in [5.74, 6) is -1.89. The SMILES string of the molecule is CC(C)(C)OC(=O)N[C@H]1C[C@@H](N=[N+]=[N-])[C@H](OC(=O)c2ccc(Cl)cc2)[C@@H](OC(=O)c2ccc(Cl)cc2)[C@@H]1O[C@H]1O[C@H](CN=[N+]=[N-])[C@@H](OCc2ccccc2)[C@H](OCc2ccccc2)[C@H]1N=[N+]=[N-]. The van der Waals surface area contributed by atoms with Crippen LogP contribution in [0.4, 0.5) is 4.79 Å². The maximum absolute atomic E-state index is 14.2. The lowest BCUT2D eigenvalue weighted by atomic mass is 9.83. The van der Waals surface area contributed by atoms with E-state index < -0.39 is 84.7 Å². The number of hydrogen-bond donors (Lipinski definition) is 1. The van der Waals surface area contributed by atoms with Gasteiger partial charge in [0.15, 0.2) is 18.5 Å². The number of rotatable bonds is 17. The first-order valence-corrected chi connectivity index (χ1v) is 21.7. The Bertz CT molecular complexity index is 2450. The predicted octanol–water partition coefficient (Wildman–Crippen LogP) is 9.99. The van der Waals surface area contributed by atoms with Crippen molar-refractivity contribution in [3.05, 3.63) is 173 Å². The van der Waals surface area contributed by atoms with Gasteiger partial charge in [-0.1, -0.05) is 99.2 Å². The quantitative estimate of drug-likeness (QED) is 0.0343. The number of benzene rings is 4. The van der Waals surface area contributed by atoms with Gasteiger partial charge in [-0.3, -0.25) is 0 Å². The van der Waals surface area contributed by atoms with Crippen molar-refractivity contribution >= 4 is 41.2 Å². The van der Waals surface area contributed by atoms with Crippen LogP contribution in [0.1, 0.15) is 59.0 Å². The summed E-state index contributed by atoms with van der Waals surface area (Å²) in [6.45, 7) is 4.62. The zero-order chi connectivity index (χ0) is 47.9. The van der Waals surface area contributed by atoms with Gasteiger partial charge in [-0.25, -0.2) is 14.4 Å². The molecule has 1 N–H and O–H groups in total. The van der Waals surface area contributed by atoms with Crippen molar-refractivity contribution in [2.75, 3.05) is 6.54 Å². The summed E-state index contributed by atoms with van der Waals surface area (Å²) in [5.41, 5.74) is 30.1. The lowest BCUT2D eigenvalue weighted by molar-refractivity contribution is -0.300. The third-order valence-electron chi connectivity index (χ3n) is 10.5. The van der Waals surface area contributed by atoms with E-state index in [0.29, 0.717) is 10.0 Å². The Labute approximate surface area is 394 Å². The molecule has 1 saturated heterocycles. The van der Waals surface area contributed by atoms with Crippen molar-refractivity contribution in [2.45, 2.75) is 107 Å². The molecule has 2 fully saturated rings. The molecule has 0 spiro atoms. The first kappa shape index (κ1) is 49.9. The zero-order valence-electron chi connectivity index (χ0n) is 36.4. The summed E-state index contributed by atoms with van der Waals surface area (Å²) in [4.78, 5) is 50.8. The van der Waals surface area contributed by atoms with Crippen LogP contribution in [-0.2, 0) is 46.4 Å². The smallest absolute Gasteiger partial charge is 0.407 e. The normalized spacial score (nSPS) is 24.6. The highest BCUT2D eigenvalue weighted by Gasteiger charge is 2.55. The third-order valence-corrected chi connectivity index (χ3v) is 11.0. The summed E-state index contributed by atoms with van der Waals surface area (Å²) in [7, 11) is 0. The monoisotopic (exact) mass is 956 g/mol. The van der Waals surface area contributed by atoms with E-state index in [1.807, 2.05) is 60.7 Å². The number of esters is 2. The van der Waals surface area contributed by atoms with Crippen molar-refractivity contribution in [3.63, 3.8) is 0 Å². The molecular formula is C45H46Cl2N10O10. The highest BCUT2D eigenvalue weighted by Crippen LogP contribution is 2.37. The molecule has 0 radical (unpaired) electrons. The van der Waals surface area contributed by atoms with E-state index >= 15 is 0 Å². The third kappa shape index (κ3) is 14.0. The highest BCUT2D eigenvalue weighted by atomic mass is 35.5. The number of carbonyl (C=O) groups excluding carboxylic acids is 3. The number of nitrogens with zero attached hydrogens (tertiary/aromatic N) is 9. The van der Waals surface area contributed by atoms with Gasteiger partial charge in [-0.2, -0.15) is 0 Å². The fourth-order valence-electron chi connectivity index (χ4n) is 7.48. The Morgan fingerprint density at radius 1 is 0.687 bits per heavy atom. The molecule has 4 aromatic rings. The number of hydrogen-bond acceptors (Lipinski definition) is 13. The molecule has 1 aliphatic carbocycles. The lowest BCUT2D eigenvalue weighted by Crippen LogP contribution is -2.66. The van der Waals surface area contributed by atoms with Gasteiger partial charge in [-0.15, -0.1) is 0 Å². The van der Waals surface area contributed by atoms with Crippen LogP contribution in [0.3, 0.4) is 0 Å². The molecule has 1 saturated carbocycles. The number of azide groups is 3. The van der Waals surface area contributed by atoms with Crippen molar-refractivity contribution in [1.29, 1.82) is 0 Å². The number of alkyl carbamates (subject to hydrolysis) is 1. The maximum atomic E-state index is 14.2. The van der Waals surface area contributed by atoms with Gasteiger partial charge in [0.1, 0.15) is 30.0 Å². The molecule has 350 valence electrons. The molecular weight excluding hydrogens is 911 g/mol. The Balaban J connectivity index is 1.47. The van der Waals surface area contributed by atoms with Gasteiger partial charge in [0.05, 0.1) is 49.1 Å². The van der Waals surface area contributed by atoms with Crippen LogP contribution in [0.15, 0.2) is 125 Å². The second kappa shape index (κ2) is 23.8. The largest absolute Gasteiger partial charge is 0.454 e. The van der Waals surface area contributed by atoms with Gasteiger partial charge in [0.2, 0.25) is 0 Å². The Morgan fingerprint density at radius 3 is 1.72 bits per heavy atom. The van der Waals surface area contributed by atoms with E-state index in [-0.39, 0.29) is 37.3 Å². The van der Waals surface area contributed by atoms with Crippen LogP contribution in [0, 0.1) is 0 Å². The van der Waals surface area contributed by atoms with E-state index in [1.165, 1.54) is 48.5 Å². The zero-order valence-corrected chi connectivity index (χ0v) is 37.9. The van der Waals surface area contributed by atoms with Gasteiger partial charge in [-0.05, 0) is 103 Å². The summed E-state index contributed by atoms with van der Waals surface area (Å²) in [6, 6.07) is 25.7. The van der Waals surface area contributed by atoms with Crippen molar-refractivity contribution in [1.82, 2.24) is 5.32 Å². The first-order valence-electron chi connectivity index (χ1n) is 20.9. The molecule has 2 aliphatic rings. The van der Waals surface area contributed by atoms with Crippen molar-refractivity contribution in [3.8, 4) is 0 Å². The lowest BCUT2D eigenvalue weighted by Gasteiger charge is -2.49. The van der Waals surface area contributed by atoms with Crippen molar-refractivity contribution in [2.24, 2.45) is 15.3 Å². The summed E-state index contributed by atoms with van der Waals surface area (Å²) in [6.07, 6.45) is -11.2. The average Bonchev–Trinajstić information content (AvgIpc) is 3.30. The second-order valence-corrected chi connectivity index (χ2v) is 17.2. The van der Waals surface area contributed by atoms with Gasteiger partial charge in [0, 0.05) is 24.8 Å². The molecule has 22 heteroatoms. The number of amides is 1. The van der Waals surface area contributed by atoms with E-state index in [2.05, 4.69) is 35.4 Å². The van der Waals surface area contributed by atoms with Crippen LogP contribution >= 0.6 is 23.2 Å². The Morgan fingerprint density at radius 2 is 1.21 bits per heavy atom. The number of nitrogens with one attached hydrogen (secondary N) is 1. The molecule has 6 rings (SSSR count). The van der Waals surface area contributed by atoms with Gasteiger partial charge >= 0.3 is 18.0 Å². The minimum absolute atomic E-state index is 0.0107. The van der Waals surface area contributed by atoms with Crippen LogP contribution in [-0.4, -0.2) is 91.2 Å². The molecule has 67 heavy (non-hydrogen) atoms. The summed E-state index contributed by atoms with van der Waals surface area (Å²) < 4.78 is 44.2. The topological polar surface area (TPSA) is 274 Å². The van der Waals surface area contributed by atoms with E-state index in [1.54, 1.807) is 20.8 Å². The first-order chi connectivity index (χ1) is 32.3. The fourth-order valence-corrected chi connectivity index (χ4v) is 7.73. The Kier molecular flexibility index (Phi) is 17.7. The van der Waals surface area contributed by atoms with Crippen LogP contribution in [0.2, 0.25) is 10.0 Å². The van der Waals surface area contributed by atoms with E-state index in [0.717, 1.165) is 11.1 Å². The predicted molar refractivity (Wildman–Crippen MR) is 243 cm³/mol. The Hall–Kier alpha value is -6.56. The molecule has 4 aromatic carbocycles. The highest BCUT2D eigenvalue weighted by molar-refractivity contribution is 6.31. The minimum atomic E-state index is -1.73. The number of carbonyl (C=O) groups is 3. The number of halogens is 2. The van der Waals surface area contributed by atoms with Crippen LogP contribution < -0.4 is 5.32 Å². The molecule has 0 unspecified atom stereocenters. The molecule has 20 nitrogen and oxygen atoms in total. The standard InChI is InChI=1S/C45H46Cl2N10O10/c1-45(2,3)67-44(60)52-32-22-33(53-56-49)37(64-41(58)28-14-18-30(46)19-15-28)40(65-42(59)29-16-20-31(47)21-17-29)36(32)66-43-35(54-57-50)39(62-25-27-12-8-5-9-13-27)38(34(63-43)23-51-55-48)61-24-26-10-6-4-7-11-26/h4-21,32-40,43H,22-25H2,1-3H3,(H,52,60)/t32-,33+,34+,35+,36+,37-,38+,39+,40-,43+/m0/s1. The van der Waals surface area contributed by atoms with Crippen LogP contribution in [0.25, 0.3) is 31.3 Å². The van der Waals surface area contributed by atoms with Gasteiger partial charge < -0.3 is 38.5 Å². The van der Waals surface area contributed by atoms with Crippen LogP contribution in [0.5, 0.6) is 0 Å². The molecule has 1 heterocycles. The maximum Gasteiger partial charge on any atom is 0.407 e. The molecule has 10 atom stereocenters. The molecule has 1 amide bonds. The molecule has 1 aliphatic heterocycles. The minimum Gasteiger partial charge on any atom is -0.454 e.